The molecule has 0 aromatic heterocycles. The van der Waals surface area contributed by atoms with Crippen LogP contribution in [0.3, 0.4) is 0 Å². The molecule has 72 heavy (non-hydrogen) atoms. The lowest BCUT2D eigenvalue weighted by molar-refractivity contribution is -0.113. The van der Waals surface area contributed by atoms with Gasteiger partial charge >= 0.3 is 0 Å². The smallest absolute Gasteiger partial charge is 0.156 e. The van der Waals surface area contributed by atoms with Crippen molar-refractivity contribution in [3.63, 3.8) is 0 Å². The summed E-state index contributed by atoms with van der Waals surface area (Å²) >= 11 is 0. The Morgan fingerprint density at radius 2 is 0.472 bits per heavy atom. The highest BCUT2D eigenvalue weighted by Gasteiger charge is 2.74. The molecule has 1 unspecified atom stereocenters. The van der Waals surface area contributed by atoms with Crippen molar-refractivity contribution >= 4 is 297 Å². The van der Waals surface area contributed by atoms with Crippen molar-refractivity contribution in [2.75, 3.05) is 0 Å². The van der Waals surface area contributed by atoms with Crippen LogP contribution in [0.5, 0.6) is 0 Å². The van der Waals surface area contributed by atoms with Gasteiger partial charge in [0.15, 0.2) is 5.78 Å². The maximum Gasteiger partial charge on any atom is 0.156 e. The Balaban J connectivity index is 1.18. The number of carbonyl (C=O) groups excluding carboxylic acids is 1. The molecule has 0 radical (unpaired) electrons. The average molecular weight is 879 g/mol. The van der Waals surface area contributed by atoms with Gasteiger partial charge in [0.25, 0.3) is 0 Å². The molecular formula is C71H10O. The van der Waals surface area contributed by atoms with Gasteiger partial charge in [0.2, 0.25) is 0 Å². The standard InChI is InChI=1S/C71H10O/c1-8(72)10-7-70-66-57-49-39-29-21-13-11-12-15-19-17(13)25-33-27(19)37-31-23(15)24-16(12)20-18-14(11)22(21)30-36-26(18)34-28(20)38-32(24)42-41(31)53-47(37)55-45(33)51(43(49)35(25)29)59(66)61(55)68-63(53)64-54(42)48(38)56-46(34)52-44(36)50(40(30)39)58(57)67(70)60(52)62(56)69(64)71(68,70)65(10)9-5-3-2-4-6-9/h2-7,65H,1H3. The molecule has 1 nitrogen and oxygen atoms in total. The van der Waals surface area contributed by atoms with Gasteiger partial charge < -0.3 is 0 Å². The van der Waals surface area contributed by atoms with Crippen LogP contribution in [-0.4, -0.2) is 5.78 Å². The van der Waals surface area contributed by atoms with Gasteiger partial charge in [-0.05, 0) is 326 Å². The van der Waals surface area contributed by atoms with Crippen LogP contribution in [0, 0.1) is 0 Å². The Morgan fingerprint density at radius 1 is 0.278 bits per heavy atom. The molecule has 0 aliphatic heterocycles. The molecule has 1 atom stereocenters. The number of carbonyl (C=O) groups is 1. The first-order valence-corrected chi connectivity index (χ1v) is 26.8. The van der Waals surface area contributed by atoms with E-state index in [1.54, 1.807) is 313 Å². The quantitative estimate of drug-likeness (QED) is 0.158. The van der Waals surface area contributed by atoms with Gasteiger partial charge in [0.1, 0.15) is 0 Å². The second-order valence-electron chi connectivity index (χ2n) is 26.4. The Morgan fingerprint density at radius 3 is 0.681 bits per heavy atom. The number of Topliss-reactive ketones (excluding diaryl/α,β-unsaturated/α-hetero) is 1. The second-order valence-corrected chi connectivity index (χ2v) is 26.4. The molecule has 5 aliphatic rings. The molecule has 300 valence electrons. The van der Waals surface area contributed by atoms with Gasteiger partial charge in [0, 0.05) is 11.5 Å². The molecule has 34 rings (SSSR count). The van der Waals surface area contributed by atoms with Crippen molar-refractivity contribution in [1.82, 2.24) is 0 Å². The average Bonchev–Trinajstić information content (AvgIpc) is 4.31. The number of hydrogen-bond acceptors (Lipinski definition) is 1. The Bertz CT molecular complexity index is 7370. The first kappa shape index (κ1) is 26.9. The highest BCUT2D eigenvalue weighted by atomic mass is 16.1. The van der Waals surface area contributed by atoms with Crippen molar-refractivity contribution in [2.24, 2.45) is 0 Å². The number of benzene rings is 19. The largest absolute Gasteiger partial charge is 0.295 e. The van der Waals surface area contributed by atoms with Crippen molar-refractivity contribution in [3.05, 3.63) is 69.8 Å². The fourth-order valence-electron chi connectivity index (χ4n) is 26.1. The molecule has 2 spiro atoms. The number of rotatable bonds is 2. The highest BCUT2D eigenvalue weighted by Crippen LogP contribution is 2.87. The SMILES string of the molecule is CC(=O)C1=CC23c4c5c6c7c8c9c(c%10c%11c2c2c4c4c%12c5c5c6c6c8c8c%13c9c9c%10c%10c%11c%11c2c2c4c4c%12c%12c5c5c6c8c6c8c%13c9c9c%10c%10c%11c2c2c4c4c%12c5c6c5c8c9c%10c2c45)C73C1c1ccccc1. The van der Waals surface area contributed by atoms with Crippen molar-refractivity contribution < 1.29 is 4.79 Å². The van der Waals surface area contributed by atoms with E-state index in [1.165, 1.54) is 5.56 Å². The molecule has 0 saturated carbocycles. The van der Waals surface area contributed by atoms with Gasteiger partial charge in [-0.1, -0.05) is 36.4 Å². The van der Waals surface area contributed by atoms with Gasteiger partial charge in [0.05, 0.1) is 10.8 Å². The number of hydrogen-bond donors (Lipinski definition) is 0. The van der Waals surface area contributed by atoms with Crippen LogP contribution < -0.4 is 0 Å². The third kappa shape index (κ3) is 1.41. The maximum absolute atomic E-state index is 15.4. The summed E-state index contributed by atoms with van der Waals surface area (Å²) in [4.78, 5) is 15.4. The van der Waals surface area contributed by atoms with E-state index in [4.69, 9.17) is 0 Å². The summed E-state index contributed by atoms with van der Waals surface area (Å²) in [5.74, 6) is 0.118. The van der Waals surface area contributed by atoms with Gasteiger partial charge in [-0.2, -0.15) is 0 Å². The van der Waals surface area contributed by atoms with Crippen LogP contribution in [0.2, 0.25) is 0 Å². The van der Waals surface area contributed by atoms with Crippen molar-refractivity contribution in [3.8, 4) is 0 Å². The summed E-state index contributed by atoms with van der Waals surface area (Å²) in [5, 5.41) is 87.0. The summed E-state index contributed by atoms with van der Waals surface area (Å²) in [6.07, 6.45) is 2.74. The van der Waals surface area contributed by atoms with Gasteiger partial charge in [-0.15, -0.1) is 0 Å². The zero-order valence-corrected chi connectivity index (χ0v) is 36.9. The molecule has 29 aromatic rings. The predicted molar refractivity (Wildman–Crippen MR) is 302 cm³/mol. The minimum Gasteiger partial charge on any atom is -0.295 e. The van der Waals surface area contributed by atoms with E-state index in [1.807, 2.05) is 6.92 Å². The Hall–Kier alpha value is -8.91. The fraction of sp³-hybridized carbons (Fsp3) is 0.0563. The zero-order valence-electron chi connectivity index (χ0n) is 36.9. The first-order valence-electron chi connectivity index (χ1n) is 26.8. The van der Waals surface area contributed by atoms with Crippen LogP contribution >= 0.6 is 0 Å². The van der Waals surface area contributed by atoms with Crippen molar-refractivity contribution in [2.45, 2.75) is 23.7 Å². The third-order valence-corrected chi connectivity index (χ3v) is 26.1. The monoisotopic (exact) mass is 878 g/mol. The maximum atomic E-state index is 15.4. The highest BCUT2D eigenvalue weighted by molar-refractivity contribution is 6.82. The van der Waals surface area contributed by atoms with Crippen LogP contribution in [0.15, 0.2) is 42.0 Å². The van der Waals surface area contributed by atoms with Crippen LogP contribution in [0.1, 0.15) is 40.7 Å². The molecule has 0 fully saturated rings. The first-order chi connectivity index (χ1) is 35.8. The van der Waals surface area contributed by atoms with E-state index in [2.05, 4.69) is 36.4 Å². The predicted octanol–water partition coefficient (Wildman–Crippen LogP) is 18.6. The molecule has 29 aromatic carbocycles. The lowest BCUT2D eigenvalue weighted by Crippen LogP contribution is -2.51. The van der Waals surface area contributed by atoms with E-state index in [-0.39, 0.29) is 11.7 Å². The van der Waals surface area contributed by atoms with Crippen LogP contribution in [0.25, 0.3) is 291 Å². The lowest BCUT2D eigenvalue weighted by Gasteiger charge is -2.53. The minimum atomic E-state index is -0.556. The van der Waals surface area contributed by atoms with E-state index in [0.29, 0.717) is 0 Å². The fourth-order valence-corrected chi connectivity index (χ4v) is 26.1. The second kappa shape index (κ2) is 6.09. The third-order valence-electron chi connectivity index (χ3n) is 26.1. The summed E-state index contributed by atoms with van der Waals surface area (Å²) in [7, 11) is 0. The number of ketones is 1. The molecule has 0 bridgehead atoms. The number of allylic oxidation sites excluding steroid dienone is 2. The molecule has 5 aliphatic carbocycles. The molecule has 1 heteroatoms. The van der Waals surface area contributed by atoms with Gasteiger partial charge in [-0.25, -0.2) is 0 Å². The van der Waals surface area contributed by atoms with E-state index in [0.717, 1.165) is 5.57 Å². The molecule has 0 N–H and O–H groups in total. The van der Waals surface area contributed by atoms with Crippen LogP contribution in [-0.2, 0) is 15.6 Å². The summed E-state index contributed by atoms with van der Waals surface area (Å²) in [5.41, 5.74) is 7.73. The topological polar surface area (TPSA) is 17.1 Å². The summed E-state index contributed by atoms with van der Waals surface area (Å²) in [6, 6.07) is 11.6. The molecular weight excluding hydrogens is 869 g/mol. The zero-order chi connectivity index (χ0) is 43.0. The minimum absolute atomic E-state index is 0.132. The lowest BCUT2D eigenvalue weighted by atomic mass is 9.47. The normalized spacial score (nSPS) is 23.2. The van der Waals surface area contributed by atoms with E-state index in [9.17, 15) is 0 Å². The van der Waals surface area contributed by atoms with Crippen molar-refractivity contribution in [1.29, 1.82) is 0 Å². The van der Waals surface area contributed by atoms with Crippen LogP contribution in [0.4, 0.5) is 0 Å². The van der Waals surface area contributed by atoms with E-state index < -0.39 is 10.8 Å². The molecule has 0 amide bonds. The summed E-state index contributed by atoms with van der Waals surface area (Å²) in [6.45, 7) is 1.93. The Kier molecular flexibility index (Phi) is 2.27. The summed E-state index contributed by atoms with van der Waals surface area (Å²) < 4.78 is 0. The van der Waals surface area contributed by atoms with Gasteiger partial charge in [-0.3, -0.25) is 4.79 Å². The Labute approximate surface area is 392 Å². The van der Waals surface area contributed by atoms with E-state index >= 15 is 4.79 Å². The molecule has 0 saturated heterocycles. The molecule has 0 heterocycles.